The van der Waals surface area contributed by atoms with Gasteiger partial charge >= 0.3 is 6.18 Å². The van der Waals surface area contributed by atoms with E-state index < -0.39 is 12.7 Å². The molecular formula is C8H15F3N2. The molecule has 1 fully saturated rings. The van der Waals surface area contributed by atoms with E-state index in [0.29, 0.717) is 6.54 Å². The number of nitrogens with two attached hydrogens (primary N) is 1. The van der Waals surface area contributed by atoms with Crippen LogP contribution in [0.2, 0.25) is 0 Å². The summed E-state index contributed by atoms with van der Waals surface area (Å²) >= 11 is 0. The summed E-state index contributed by atoms with van der Waals surface area (Å²) in [6.07, 6.45) is -2.34. The predicted molar refractivity (Wildman–Crippen MR) is 44.3 cm³/mol. The van der Waals surface area contributed by atoms with E-state index in [1.807, 2.05) is 0 Å². The fourth-order valence-electron chi connectivity index (χ4n) is 1.38. The summed E-state index contributed by atoms with van der Waals surface area (Å²) in [6, 6.07) is -0.0735. The lowest BCUT2D eigenvalue weighted by atomic mass is 10.3. The largest absolute Gasteiger partial charge is 0.401 e. The second-order valence-corrected chi connectivity index (χ2v) is 3.75. The minimum Gasteiger partial charge on any atom is -0.327 e. The van der Waals surface area contributed by atoms with E-state index in [2.05, 4.69) is 0 Å². The fraction of sp³-hybridized carbons (Fsp3) is 1.00. The third-order valence-electron chi connectivity index (χ3n) is 1.97. The normalized spacial score (nSPS) is 20.8. The van der Waals surface area contributed by atoms with Gasteiger partial charge in [-0.15, -0.1) is 0 Å². The molecule has 1 aliphatic rings. The topological polar surface area (TPSA) is 29.3 Å². The molecule has 0 spiro atoms. The maximum Gasteiger partial charge on any atom is 0.401 e. The highest BCUT2D eigenvalue weighted by Gasteiger charge is 2.37. The van der Waals surface area contributed by atoms with Gasteiger partial charge in [0.25, 0.3) is 0 Å². The van der Waals surface area contributed by atoms with Crippen LogP contribution in [-0.4, -0.2) is 36.2 Å². The van der Waals surface area contributed by atoms with Crippen LogP contribution < -0.4 is 5.73 Å². The van der Waals surface area contributed by atoms with Crippen molar-refractivity contribution >= 4 is 0 Å². The Morgan fingerprint density at radius 3 is 2.31 bits per heavy atom. The first kappa shape index (κ1) is 10.8. The van der Waals surface area contributed by atoms with Gasteiger partial charge in [-0.1, -0.05) is 0 Å². The third-order valence-corrected chi connectivity index (χ3v) is 1.97. The van der Waals surface area contributed by atoms with E-state index in [-0.39, 0.29) is 12.1 Å². The summed E-state index contributed by atoms with van der Waals surface area (Å²) in [5.41, 5.74) is 5.47. The minimum absolute atomic E-state index is 0.118. The number of alkyl halides is 3. The summed E-state index contributed by atoms with van der Waals surface area (Å²) in [7, 11) is 0. The van der Waals surface area contributed by atoms with Gasteiger partial charge in [-0.3, -0.25) is 4.90 Å². The van der Waals surface area contributed by atoms with Gasteiger partial charge in [-0.25, -0.2) is 0 Å². The average molecular weight is 196 g/mol. The molecule has 5 heteroatoms. The molecule has 0 saturated heterocycles. The molecule has 0 aromatic heterocycles. The molecule has 1 aliphatic carbocycles. The molecule has 1 rings (SSSR count). The van der Waals surface area contributed by atoms with Crippen LogP contribution in [0.15, 0.2) is 0 Å². The first-order valence-corrected chi connectivity index (χ1v) is 4.45. The molecule has 1 atom stereocenters. The van der Waals surface area contributed by atoms with Gasteiger partial charge in [0.05, 0.1) is 6.54 Å². The number of halogens is 3. The summed E-state index contributed by atoms with van der Waals surface area (Å²) in [5.74, 6) is 0. The standard InChI is InChI=1S/C8H15F3N2/c1-6(12)4-13(7-2-3-7)5-8(9,10)11/h6-7H,2-5,12H2,1H3. The summed E-state index contributed by atoms with van der Waals surface area (Å²) in [6.45, 7) is 1.25. The number of hydrogen-bond acceptors (Lipinski definition) is 2. The number of hydrogen-bond donors (Lipinski definition) is 1. The van der Waals surface area contributed by atoms with Crippen molar-refractivity contribution < 1.29 is 13.2 Å². The molecule has 2 nitrogen and oxygen atoms in total. The molecule has 1 unspecified atom stereocenters. The van der Waals surface area contributed by atoms with Crippen LogP contribution in [0.5, 0.6) is 0 Å². The van der Waals surface area contributed by atoms with Gasteiger partial charge in [0, 0.05) is 18.6 Å². The second kappa shape index (κ2) is 3.84. The molecule has 0 amide bonds. The van der Waals surface area contributed by atoms with Gasteiger partial charge in [0.1, 0.15) is 0 Å². The summed E-state index contributed by atoms with van der Waals surface area (Å²) < 4.78 is 36.2. The van der Waals surface area contributed by atoms with Gasteiger partial charge in [-0.05, 0) is 19.8 Å². The maximum absolute atomic E-state index is 12.1. The molecule has 0 aromatic rings. The number of rotatable bonds is 4. The van der Waals surface area contributed by atoms with Crippen LogP contribution in [0.25, 0.3) is 0 Å². The van der Waals surface area contributed by atoms with Gasteiger partial charge in [0.15, 0.2) is 0 Å². The van der Waals surface area contributed by atoms with E-state index in [1.165, 1.54) is 4.90 Å². The van der Waals surface area contributed by atoms with Crippen molar-refractivity contribution in [2.75, 3.05) is 13.1 Å². The van der Waals surface area contributed by atoms with Crippen LogP contribution in [-0.2, 0) is 0 Å². The van der Waals surface area contributed by atoms with Crippen molar-refractivity contribution in [1.82, 2.24) is 4.90 Å². The van der Waals surface area contributed by atoms with Crippen molar-refractivity contribution in [3.05, 3.63) is 0 Å². The lowest BCUT2D eigenvalue weighted by molar-refractivity contribution is -0.147. The van der Waals surface area contributed by atoms with E-state index in [9.17, 15) is 13.2 Å². The van der Waals surface area contributed by atoms with Crippen LogP contribution in [0.1, 0.15) is 19.8 Å². The van der Waals surface area contributed by atoms with Crippen molar-refractivity contribution in [1.29, 1.82) is 0 Å². The molecule has 0 aliphatic heterocycles. The molecule has 0 heterocycles. The molecule has 1 saturated carbocycles. The van der Waals surface area contributed by atoms with E-state index in [0.717, 1.165) is 12.8 Å². The molecular weight excluding hydrogens is 181 g/mol. The highest BCUT2D eigenvalue weighted by molar-refractivity contribution is 4.86. The van der Waals surface area contributed by atoms with E-state index >= 15 is 0 Å². The second-order valence-electron chi connectivity index (χ2n) is 3.75. The van der Waals surface area contributed by atoms with Crippen LogP contribution in [0, 0.1) is 0 Å². The van der Waals surface area contributed by atoms with Crippen molar-refractivity contribution in [3.8, 4) is 0 Å². The number of nitrogens with zero attached hydrogens (tertiary/aromatic N) is 1. The van der Waals surface area contributed by atoms with Crippen molar-refractivity contribution in [2.45, 2.75) is 38.0 Å². The van der Waals surface area contributed by atoms with E-state index in [1.54, 1.807) is 6.92 Å². The zero-order valence-electron chi connectivity index (χ0n) is 7.64. The zero-order chi connectivity index (χ0) is 10.1. The molecule has 2 N–H and O–H groups in total. The predicted octanol–water partition coefficient (Wildman–Crippen LogP) is 1.36. The van der Waals surface area contributed by atoms with E-state index in [4.69, 9.17) is 5.73 Å². The smallest absolute Gasteiger partial charge is 0.327 e. The van der Waals surface area contributed by atoms with Gasteiger partial charge in [-0.2, -0.15) is 13.2 Å². The van der Waals surface area contributed by atoms with Crippen molar-refractivity contribution in [2.24, 2.45) is 5.73 Å². The first-order valence-electron chi connectivity index (χ1n) is 4.45. The SMILES string of the molecule is CC(N)CN(CC(F)(F)F)C1CC1. The molecule has 0 bridgehead atoms. The average Bonchev–Trinajstić information content (AvgIpc) is 2.60. The molecule has 13 heavy (non-hydrogen) atoms. The first-order chi connectivity index (χ1) is 5.88. The fourth-order valence-corrected chi connectivity index (χ4v) is 1.38. The zero-order valence-corrected chi connectivity index (χ0v) is 7.64. The Morgan fingerprint density at radius 2 is 2.00 bits per heavy atom. The monoisotopic (exact) mass is 196 g/mol. The Balaban J connectivity index is 2.38. The molecule has 0 aromatic carbocycles. The summed E-state index contributed by atoms with van der Waals surface area (Å²) in [5, 5.41) is 0. The third kappa shape index (κ3) is 4.47. The Labute approximate surface area is 75.9 Å². The molecule has 78 valence electrons. The van der Waals surface area contributed by atoms with Crippen LogP contribution in [0.3, 0.4) is 0 Å². The Morgan fingerprint density at radius 1 is 1.46 bits per heavy atom. The van der Waals surface area contributed by atoms with Crippen molar-refractivity contribution in [3.63, 3.8) is 0 Å². The highest BCUT2D eigenvalue weighted by atomic mass is 19.4. The van der Waals surface area contributed by atoms with Gasteiger partial charge in [0.2, 0.25) is 0 Å². The molecule has 0 radical (unpaired) electrons. The van der Waals surface area contributed by atoms with Gasteiger partial charge < -0.3 is 5.73 Å². The lowest BCUT2D eigenvalue weighted by Crippen LogP contribution is -2.42. The Kier molecular flexibility index (Phi) is 3.18. The maximum atomic E-state index is 12.1. The minimum atomic E-state index is -4.10. The highest BCUT2D eigenvalue weighted by Crippen LogP contribution is 2.29. The lowest BCUT2D eigenvalue weighted by Gasteiger charge is -2.24. The Hall–Kier alpha value is -0.290. The summed E-state index contributed by atoms with van der Waals surface area (Å²) in [4.78, 5) is 1.44. The van der Waals surface area contributed by atoms with Crippen LogP contribution in [0.4, 0.5) is 13.2 Å². The quantitative estimate of drug-likeness (QED) is 0.735. The Bertz CT molecular complexity index is 163. The van der Waals surface area contributed by atoms with Crippen LogP contribution >= 0.6 is 0 Å².